The zero-order valence-corrected chi connectivity index (χ0v) is 10.5. The van der Waals surface area contributed by atoms with Gasteiger partial charge in [0.2, 0.25) is 18.6 Å². The number of anilines is 1. The molecule has 0 spiro atoms. The van der Waals surface area contributed by atoms with Gasteiger partial charge in [0.1, 0.15) is 6.04 Å². The molecule has 2 aliphatic heterocycles. The Morgan fingerprint density at radius 3 is 2.89 bits per heavy atom. The maximum atomic E-state index is 12.2. The summed E-state index contributed by atoms with van der Waals surface area (Å²) in [7, 11) is 1.68. The van der Waals surface area contributed by atoms with Gasteiger partial charge in [0.05, 0.1) is 0 Å². The molecule has 3 rings (SSSR count). The standard InChI is InChI=1S/C13H14N2O4/c1-15(13(17)9-3-5-12(16)14-9)8-2-4-10-11(6-8)19-7-18-10/h2,4,6,9H,3,5,7H2,1H3,(H,14,16). The Balaban J connectivity index is 1.78. The summed E-state index contributed by atoms with van der Waals surface area (Å²) in [5.41, 5.74) is 0.718. The summed E-state index contributed by atoms with van der Waals surface area (Å²) in [6.07, 6.45) is 0.956. The van der Waals surface area contributed by atoms with Crippen molar-refractivity contribution >= 4 is 17.5 Å². The third-order valence-corrected chi connectivity index (χ3v) is 3.37. The summed E-state index contributed by atoms with van der Waals surface area (Å²) < 4.78 is 10.5. The maximum absolute atomic E-state index is 12.2. The number of nitrogens with one attached hydrogen (secondary N) is 1. The minimum Gasteiger partial charge on any atom is -0.454 e. The summed E-state index contributed by atoms with van der Waals surface area (Å²) in [5, 5.41) is 2.67. The molecule has 0 aliphatic carbocycles. The van der Waals surface area contributed by atoms with E-state index in [0.717, 1.165) is 5.69 Å². The molecule has 0 radical (unpaired) electrons. The Hall–Kier alpha value is -2.24. The number of benzene rings is 1. The molecule has 2 heterocycles. The number of nitrogens with zero attached hydrogens (tertiary/aromatic N) is 1. The highest BCUT2D eigenvalue weighted by molar-refractivity contribution is 6.00. The molecule has 0 saturated carbocycles. The second-order valence-corrected chi connectivity index (χ2v) is 4.59. The Labute approximate surface area is 110 Å². The van der Waals surface area contributed by atoms with Gasteiger partial charge in [-0.2, -0.15) is 0 Å². The van der Waals surface area contributed by atoms with Crippen molar-refractivity contribution in [1.29, 1.82) is 0 Å². The highest BCUT2D eigenvalue weighted by Crippen LogP contribution is 2.35. The van der Waals surface area contributed by atoms with Crippen LogP contribution in [0.25, 0.3) is 0 Å². The lowest BCUT2D eigenvalue weighted by atomic mass is 10.2. The number of carbonyl (C=O) groups excluding carboxylic acids is 2. The van der Waals surface area contributed by atoms with Crippen LogP contribution in [-0.4, -0.2) is 31.7 Å². The van der Waals surface area contributed by atoms with Crippen molar-refractivity contribution < 1.29 is 19.1 Å². The third kappa shape index (κ3) is 2.09. The van der Waals surface area contributed by atoms with Gasteiger partial charge in [0, 0.05) is 25.2 Å². The predicted octanol–water partition coefficient (Wildman–Crippen LogP) is 0.657. The van der Waals surface area contributed by atoms with Crippen LogP contribution in [0.5, 0.6) is 11.5 Å². The first-order valence-electron chi connectivity index (χ1n) is 6.12. The van der Waals surface area contributed by atoms with Gasteiger partial charge in [-0.15, -0.1) is 0 Å². The minimum absolute atomic E-state index is 0.0718. The number of amides is 2. The average molecular weight is 262 g/mol. The maximum Gasteiger partial charge on any atom is 0.249 e. The summed E-state index contributed by atoms with van der Waals surface area (Å²) in [4.78, 5) is 24.9. The molecule has 6 nitrogen and oxygen atoms in total. The van der Waals surface area contributed by atoms with Crippen molar-refractivity contribution in [3.63, 3.8) is 0 Å². The number of carbonyl (C=O) groups is 2. The van der Waals surface area contributed by atoms with Gasteiger partial charge in [0.25, 0.3) is 0 Å². The average Bonchev–Trinajstić information content (AvgIpc) is 3.04. The van der Waals surface area contributed by atoms with Gasteiger partial charge in [-0.25, -0.2) is 0 Å². The molecule has 1 fully saturated rings. The molecule has 6 heteroatoms. The molecule has 2 amide bonds. The summed E-state index contributed by atoms with van der Waals surface area (Å²) >= 11 is 0. The van der Waals surface area contributed by atoms with E-state index in [1.807, 2.05) is 0 Å². The van der Waals surface area contributed by atoms with Gasteiger partial charge in [-0.3, -0.25) is 9.59 Å². The smallest absolute Gasteiger partial charge is 0.249 e. The van der Waals surface area contributed by atoms with Crippen molar-refractivity contribution in [3.05, 3.63) is 18.2 Å². The second kappa shape index (κ2) is 4.46. The first kappa shape index (κ1) is 11.8. The highest BCUT2D eigenvalue weighted by atomic mass is 16.7. The summed E-state index contributed by atoms with van der Waals surface area (Å²) in [6.45, 7) is 0.204. The Kier molecular flexibility index (Phi) is 2.77. The van der Waals surface area contributed by atoms with Crippen LogP contribution in [-0.2, 0) is 9.59 Å². The Bertz CT molecular complexity index is 543. The lowest BCUT2D eigenvalue weighted by Crippen LogP contribution is -2.42. The van der Waals surface area contributed by atoms with Crippen LogP contribution >= 0.6 is 0 Å². The van der Waals surface area contributed by atoms with Crippen molar-refractivity contribution in [2.45, 2.75) is 18.9 Å². The fourth-order valence-corrected chi connectivity index (χ4v) is 2.25. The summed E-state index contributed by atoms with van der Waals surface area (Å²) in [5.74, 6) is 1.12. The topological polar surface area (TPSA) is 67.9 Å². The lowest BCUT2D eigenvalue weighted by molar-refractivity contribution is -0.123. The number of hydrogen-bond acceptors (Lipinski definition) is 4. The fraction of sp³-hybridized carbons (Fsp3) is 0.385. The van der Waals surface area contributed by atoms with Gasteiger partial charge in [0.15, 0.2) is 11.5 Å². The first-order valence-corrected chi connectivity index (χ1v) is 6.12. The molecule has 1 saturated heterocycles. The van der Waals surface area contributed by atoms with E-state index in [-0.39, 0.29) is 18.6 Å². The minimum atomic E-state index is -0.428. The number of rotatable bonds is 2. The molecule has 1 N–H and O–H groups in total. The van der Waals surface area contributed by atoms with Gasteiger partial charge < -0.3 is 19.7 Å². The van der Waals surface area contributed by atoms with Crippen LogP contribution in [0.15, 0.2) is 18.2 Å². The van der Waals surface area contributed by atoms with Crippen LogP contribution in [0.1, 0.15) is 12.8 Å². The van der Waals surface area contributed by atoms with E-state index in [4.69, 9.17) is 9.47 Å². The van der Waals surface area contributed by atoms with Crippen molar-refractivity contribution in [3.8, 4) is 11.5 Å². The normalized spacial score (nSPS) is 20.3. The highest BCUT2D eigenvalue weighted by Gasteiger charge is 2.30. The molecule has 19 heavy (non-hydrogen) atoms. The van der Waals surface area contributed by atoms with E-state index in [9.17, 15) is 9.59 Å². The second-order valence-electron chi connectivity index (χ2n) is 4.59. The zero-order valence-electron chi connectivity index (χ0n) is 10.5. The van der Waals surface area contributed by atoms with Gasteiger partial charge in [-0.05, 0) is 18.6 Å². The van der Waals surface area contributed by atoms with Crippen molar-refractivity contribution in [2.75, 3.05) is 18.7 Å². The van der Waals surface area contributed by atoms with Crippen LogP contribution in [0.4, 0.5) is 5.69 Å². The zero-order chi connectivity index (χ0) is 13.4. The van der Waals surface area contributed by atoms with Crippen molar-refractivity contribution in [1.82, 2.24) is 5.32 Å². The van der Waals surface area contributed by atoms with E-state index in [1.165, 1.54) is 4.90 Å². The molecule has 2 aliphatic rings. The Morgan fingerprint density at radius 1 is 1.37 bits per heavy atom. The molecule has 0 bridgehead atoms. The third-order valence-electron chi connectivity index (χ3n) is 3.37. The van der Waals surface area contributed by atoms with Crippen LogP contribution in [0.2, 0.25) is 0 Å². The van der Waals surface area contributed by atoms with E-state index in [2.05, 4.69) is 5.32 Å². The monoisotopic (exact) mass is 262 g/mol. The quantitative estimate of drug-likeness (QED) is 0.850. The van der Waals surface area contributed by atoms with E-state index < -0.39 is 6.04 Å². The molecule has 100 valence electrons. The number of hydrogen-bond donors (Lipinski definition) is 1. The van der Waals surface area contributed by atoms with Crippen LogP contribution < -0.4 is 19.7 Å². The van der Waals surface area contributed by atoms with E-state index in [0.29, 0.717) is 24.3 Å². The lowest BCUT2D eigenvalue weighted by Gasteiger charge is -2.21. The Morgan fingerprint density at radius 2 is 2.16 bits per heavy atom. The molecule has 0 aromatic heterocycles. The SMILES string of the molecule is CN(C(=O)C1CCC(=O)N1)c1ccc2c(c1)OCO2. The predicted molar refractivity (Wildman–Crippen MR) is 67.1 cm³/mol. The van der Waals surface area contributed by atoms with Crippen LogP contribution in [0.3, 0.4) is 0 Å². The number of likely N-dealkylation sites (N-methyl/N-ethyl adjacent to an activating group) is 1. The molecule has 1 atom stereocenters. The number of ether oxygens (including phenoxy) is 2. The van der Waals surface area contributed by atoms with Crippen molar-refractivity contribution in [2.24, 2.45) is 0 Å². The number of fused-ring (bicyclic) bond motifs is 1. The molecule has 1 unspecified atom stereocenters. The molecular weight excluding hydrogens is 248 g/mol. The fourth-order valence-electron chi connectivity index (χ4n) is 2.25. The largest absolute Gasteiger partial charge is 0.454 e. The van der Waals surface area contributed by atoms with Gasteiger partial charge >= 0.3 is 0 Å². The van der Waals surface area contributed by atoms with E-state index in [1.54, 1.807) is 25.2 Å². The van der Waals surface area contributed by atoms with Gasteiger partial charge in [-0.1, -0.05) is 0 Å². The van der Waals surface area contributed by atoms with E-state index >= 15 is 0 Å². The van der Waals surface area contributed by atoms with Crippen LogP contribution in [0, 0.1) is 0 Å². The molecular formula is C13H14N2O4. The molecule has 1 aromatic rings. The first-order chi connectivity index (χ1) is 9.15. The molecule has 1 aromatic carbocycles. The summed E-state index contributed by atoms with van der Waals surface area (Å²) in [6, 6.07) is 4.90.